The standard InChI is InChI=1S/C11H13FN2O4/c1-18-10-8(2-6(12)4-13-10)9-3-7(15)5-14(9)11(16)17/h2,4,7,9,15H,3,5H2,1H3,(H,16,17)/t7-,9?/m1/s1. The number of ether oxygens (including phenoxy) is 1. The molecule has 1 aliphatic heterocycles. The van der Waals surface area contributed by atoms with E-state index in [-0.39, 0.29) is 18.8 Å². The van der Waals surface area contributed by atoms with Crippen LogP contribution in [-0.4, -0.2) is 45.9 Å². The number of amides is 1. The summed E-state index contributed by atoms with van der Waals surface area (Å²) in [7, 11) is 1.38. The topological polar surface area (TPSA) is 82.9 Å². The Labute approximate surface area is 103 Å². The number of hydrogen-bond acceptors (Lipinski definition) is 4. The molecule has 0 aromatic carbocycles. The van der Waals surface area contributed by atoms with Crippen LogP contribution in [0.5, 0.6) is 5.88 Å². The zero-order chi connectivity index (χ0) is 13.3. The van der Waals surface area contributed by atoms with E-state index in [1.807, 2.05) is 0 Å². The van der Waals surface area contributed by atoms with Gasteiger partial charge in [0.05, 0.1) is 32.0 Å². The van der Waals surface area contributed by atoms with Crippen LogP contribution in [-0.2, 0) is 0 Å². The summed E-state index contributed by atoms with van der Waals surface area (Å²) in [5.41, 5.74) is 0.330. The molecule has 1 unspecified atom stereocenters. The monoisotopic (exact) mass is 256 g/mol. The molecule has 0 spiro atoms. The molecule has 2 heterocycles. The summed E-state index contributed by atoms with van der Waals surface area (Å²) in [6.45, 7) is -0.000330. The van der Waals surface area contributed by atoms with Crippen molar-refractivity contribution in [2.24, 2.45) is 0 Å². The van der Waals surface area contributed by atoms with Crippen molar-refractivity contribution < 1.29 is 24.1 Å². The fourth-order valence-corrected chi connectivity index (χ4v) is 2.17. The summed E-state index contributed by atoms with van der Waals surface area (Å²) in [4.78, 5) is 15.9. The van der Waals surface area contributed by atoms with E-state index in [4.69, 9.17) is 9.84 Å². The van der Waals surface area contributed by atoms with Gasteiger partial charge in [-0.2, -0.15) is 0 Å². The smallest absolute Gasteiger partial charge is 0.407 e. The van der Waals surface area contributed by atoms with Crippen molar-refractivity contribution >= 4 is 6.09 Å². The number of rotatable bonds is 2. The molecule has 6 nitrogen and oxygen atoms in total. The summed E-state index contributed by atoms with van der Waals surface area (Å²) in [6, 6.07) is 0.542. The second-order valence-electron chi connectivity index (χ2n) is 4.09. The number of halogens is 1. The van der Waals surface area contributed by atoms with E-state index in [1.165, 1.54) is 13.2 Å². The van der Waals surface area contributed by atoms with Crippen LogP contribution in [0, 0.1) is 5.82 Å². The lowest BCUT2D eigenvalue weighted by Gasteiger charge is -2.22. The van der Waals surface area contributed by atoms with Crippen LogP contribution in [0.4, 0.5) is 9.18 Å². The number of β-amino-alcohol motifs (C(OH)–C–C–N with tert-alkyl or cyclic N) is 1. The van der Waals surface area contributed by atoms with Gasteiger partial charge in [-0.25, -0.2) is 14.2 Å². The number of hydrogen-bond donors (Lipinski definition) is 2. The van der Waals surface area contributed by atoms with E-state index in [1.54, 1.807) is 0 Å². The maximum atomic E-state index is 13.2. The molecule has 1 amide bonds. The minimum Gasteiger partial charge on any atom is -0.481 e. The molecule has 1 aliphatic rings. The molecule has 1 fully saturated rings. The quantitative estimate of drug-likeness (QED) is 0.825. The van der Waals surface area contributed by atoms with Gasteiger partial charge in [0.1, 0.15) is 5.82 Å². The van der Waals surface area contributed by atoms with E-state index in [0.717, 1.165) is 11.1 Å². The first-order chi connectivity index (χ1) is 8.52. The van der Waals surface area contributed by atoms with Crippen molar-refractivity contribution in [1.82, 2.24) is 9.88 Å². The van der Waals surface area contributed by atoms with E-state index in [9.17, 15) is 14.3 Å². The third-order valence-electron chi connectivity index (χ3n) is 2.92. The number of aromatic nitrogens is 1. The zero-order valence-corrected chi connectivity index (χ0v) is 9.71. The lowest BCUT2D eigenvalue weighted by atomic mass is 10.1. The van der Waals surface area contributed by atoms with Gasteiger partial charge in [-0.1, -0.05) is 0 Å². The molecular formula is C11H13FN2O4. The molecule has 7 heteroatoms. The molecule has 0 saturated carbocycles. The number of aliphatic hydroxyl groups excluding tert-OH is 1. The zero-order valence-electron chi connectivity index (χ0n) is 9.71. The highest BCUT2D eigenvalue weighted by Gasteiger charge is 2.37. The summed E-state index contributed by atoms with van der Waals surface area (Å²) < 4.78 is 18.2. The van der Waals surface area contributed by atoms with Gasteiger partial charge in [-0.15, -0.1) is 0 Å². The summed E-state index contributed by atoms with van der Waals surface area (Å²) >= 11 is 0. The molecular weight excluding hydrogens is 243 g/mol. The lowest BCUT2D eigenvalue weighted by molar-refractivity contribution is 0.131. The van der Waals surface area contributed by atoms with Gasteiger partial charge in [0, 0.05) is 5.56 Å². The van der Waals surface area contributed by atoms with Crippen LogP contribution in [0.2, 0.25) is 0 Å². The Morgan fingerprint density at radius 2 is 2.39 bits per heavy atom. The van der Waals surface area contributed by atoms with E-state index in [2.05, 4.69) is 4.98 Å². The number of likely N-dealkylation sites (tertiary alicyclic amines) is 1. The van der Waals surface area contributed by atoms with Crippen molar-refractivity contribution in [3.05, 3.63) is 23.6 Å². The van der Waals surface area contributed by atoms with Crippen molar-refractivity contribution in [2.75, 3.05) is 13.7 Å². The average molecular weight is 256 g/mol. The maximum Gasteiger partial charge on any atom is 0.407 e. The molecule has 0 bridgehead atoms. The van der Waals surface area contributed by atoms with Crippen LogP contribution >= 0.6 is 0 Å². The van der Waals surface area contributed by atoms with Gasteiger partial charge in [0.25, 0.3) is 0 Å². The first-order valence-electron chi connectivity index (χ1n) is 5.40. The largest absolute Gasteiger partial charge is 0.481 e. The first-order valence-corrected chi connectivity index (χ1v) is 5.40. The van der Waals surface area contributed by atoms with Gasteiger partial charge in [-0.05, 0) is 12.5 Å². The minimum atomic E-state index is -1.16. The normalized spacial score (nSPS) is 23.2. The van der Waals surface area contributed by atoms with Gasteiger partial charge in [0.15, 0.2) is 0 Å². The van der Waals surface area contributed by atoms with Crippen molar-refractivity contribution in [3.63, 3.8) is 0 Å². The predicted octanol–water partition coefficient (Wildman–Crippen LogP) is 1.01. The van der Waals surface area contributed by atoms with E-state index < -0.39 is 24.1 Å². The number of nitrogens with zero attached hydrogens (tertiary/aromatic N) is 2. The number of carbonyl (C=O) groups is 1. The third kappa shape index (κ3) is 2.21. The number of pyridine rings is 1. The molecule has 2 atom stereocenters. The summed E-state index contributed by atoms with van der Waals surface area (Å²) in [6.07, 6.45) is -0.728. The van der Waals surface area contributed by atoms with Crippen LogP contribution in [0.25, 0.3) is 0 Å². The van der Waals surface area contributed by atoms with Gasteiger partial charge in [0.2, 0.25) is 5.88 Å². The third-order valence-corrected chi connectivity index (χ3v) is 2.92. The average Bonchev–Trinajstić information content (AvgIpc) is 2.71. The van der Waals surface area contributed by atoms with Gasteiger partial charge in [-0.3, -0.25) is 4.90 Å². The molecule has 0 aliphatic carbocycles. The molecule has 0 radical (unpaired) electrons. The number of aliphatic hydroxyl groups is 1. The van der Waals surface area contributed by atoms with Gasteiger partial charge >= 0.3 is 6.09 Å². The Balaban J connectivity index is 2.40. The molecule has 1 saturated heterocycles. The predicted molar refractivity (Wildman–Crippen MR) is 58.8 cm³/mol. The summed E-state index contributed by atoms with van der Waals surface area (Å²) in [5.74, 6) is -0.403. The van der Waals surface area contributed by atoms with Gasteiger partial charge < -0.3 is 14.9 Å². The number of methoxy groups -OCH3 is 1. The highest BCUT2D eigenvalue weighted by atomic mass is 19.1. The molecule has 2 rings (SSSR count). The highest BCUT2D eigenvalue weighted by molar-refractivity contribution is 5.66. The highest BCUT2D eigenvalue weighted by Crippen LogP contribution is 2.36. The summed E-state index contributed by atoms with van der Waals surface area (Å²) in [5, 5.41) is 18.6. The Bertz CT molecular complexity index is 468. The van der Waals surface area contributed by atoms with Crippen molar-refractivity contribution in [1.29, 1.82) is 0 Å². The number of carboxylic acid groups (broad SMARTS) is 1. The van der Waals surface area contributed by atoms with Crippen LogP contribution in [0.3, 0.4) is 0 Å². The molecule has 1 aromatic heterocycles. The second kappa shape index (κ2) is 4.77. The van der Waals surface area contributed by atoms with E-state index >= 15 is 0 Å². The maximum absolute atomic E-state index is 13.2. The lowest BCUT2D eigenvalue weighted by Crippen LogP contribution is -2.30. The van der Waals surface area contributed by atoms with E-state index in [0.29, 0.717) is 5.56 Å². The first kappa shape index (κ1) is 12.6. The fourth-order valence-electron chi connectivity index (χ4n) is 2.17. The van der Waals surface area contributed by atoms with Crippen molar-refractivity contribution in [3.8, 4) is 5.88 Å². The minimum absolute atomic E-state index is 0.000330. The van der Waals surface area contributed by atoms with Crippen LogP contribution in [0.15, 0.2) is 12.3 Å². The Hall–Kier alpha value is -1.89. The Kier molecular flexibility index (Phi) is 3.33. The second-order valence-corrected chi connectivity index (χ2v) is 4.09. The molecule has 98 valence electrons. The van der Waals surface area contributed by atoms with Crippen molar-refractivity contribution in [2.45, 2.75) is 18.6 Å². The van der Waals surface area contributed by atoms with Crippen LogP contribution < -0.4 is 4.74 Å². The fraction of sp³-hybridized carbons (Fsp3) is 0.455. The Morgan fingerprint density at radius 1 is 1.67 bits per heavy atom. The molecule has 18 heavy (non-hydrogen) atoms. The molecule has 1 aromatic rings. The Morgan fingerprint density at radius 3 is 3.00 bits per heavy atom. The molecule has 2 N–H and O–H groups in total. The van der Waals surface area contributed by atoms with Crippen LogP contribution in [0.1, 0.15) is 18.0 Å². The SMILES string of the molecule is COc1ncc(F)cc1C1C[C@@H](O)CN1C(=O)O.